The van der Waals surface area contributed by atoms with Crippen molar-refractivity contribution >= 4 is 17.2 Å². The molecule has 1 atom stereocenters. The fourth-order valence-corrected chi connectivity index (χ4v) is 3.31. The Bertz CT molecular complexity index is 417. The molecule has 0 bridgehead atoms. The maximum atomic E-state index is 12.0. The summed E-state index contributed by atoms with van der Waals surface area (Å²) in [4.78, 5) is 17.8. The van der Waals surface area contributed by atoms with Gasteiger partial charge in [0.25, 0.3) is 0 Å². The first-order valence-electron chi connectivity index (χ1n) is 7.50. The van der Waals surface area contributed by atoms with Gasteiger partial charge in [0.2, 0.25) is 5.91 Å². The molecule has 118 valence electrons. The van der Waals surface area contributed by atoms with Gasteiger partial charge in [0, 0.05) is 44.7 Å². The average Bonchev–Trinajstić information content (AvgIpc) is 3.03. The molecule has 1 amide bonds. The summed E-state index contributed by atoms with van der Waals surface area (Å²) in [6.45, 7) is 8.34. The van der Waals surface area contributed by atoms with E-state index in [9.17, 15) is 4.79 Å². The summed E-state index contributed by atoms with van der Waals surface area (Å²) in [6.07, 6.45) is -0.0501. The molecule has 1 aromatic heterocycles. The van der Waals surface area contributed by atoms with E-state index in [4.69, 9.17) is 4.74 Å². The van der Waals surface area contributed by atoms with Gasteiger partial charge in [-0.2, -0.15) is 0 Å². The number of ether oxygens (including phenoxy) is 1. The molecular formula is C15H25N3O2S. The molecule has 5 nitrogen and oxygen atoms in total. The lowest BCUT2D eigenvalue weighted by molar-refractivity contribution is -0.123. The molecule has 1 unspecified atom stereocenters. The second-order valence-corrected chi connectivity index (χ2v) is 6.23. The minimum Gasteiger partial charge on any atom is -0.374 e. The Balaban J connectivity index is 1.70. The van der Waals surface area contributed by atoms with Crippen molar-refractivity contribution in [2.24, 2.45) is 0 Å². The molecule has 0 aromatic carbocycles. The molecule has 1 aliphatic heterocycles. The molecule has 2 heterocycles. The number of hydrogen-bond donors (Lipinski definition) is 1. The van der Waals surface area contributed by atoms with Gasteiger partial charge in [0.15, 0.2) is 0 Å². The maximum absolute atomic E-state index is 12.0. The first-order valence-corrected chi connectivity index (χ1v) is 8.38. The normalized spacial score (nSPS) is 18.6. The highest BCUT2D eigenvalue weighted by Gasteiger charge is 2.18. The second-order valence-electron chi connectivity index (χ2n) is 5.25. The van der Waals surface area contributed by atoms with Crippen LogP contribution in [0.3, 0.4) is 0 Å². The van der Waals surface area contributed by atoms with Crippen molar-refractivity contribution in [2.75, 3.05) is 52.9 Å². The highest BCUT2D eigenvalue weighted by molar-refractivity contribution is 7.10. The molecule has 1 saturated heterocycles. The number of piperazine rings is 1. The SMILES string of the molecule is CCN1CCN(CC(=O)NCC(OC)c2cccs2)CC1. The average molecular weight is 311 g/mol. The number of nitrogens with zero attached hydrogens (tertiary/aromatic N) is 2. The number of thiophene rings is 1. The summed E-state index contributed by atoms with van der Waals surface area (Å²) in [5.74, 6) is 0.0820. The molecule has 6 heteroatoms. The van der Waals surface area contributed by atoms with Crippen LogP contribution in [0.15, 0.2) is 17.5 Å². The summed E-state index contributed by atoms with van der Waals surface area (Å²) in [7, 11) is 1.68. The van der Waals surface area contributed by atoms with E-state index in [-0.39, 0.29) is 12.0 Å². The molecule has 21 heavy (non-hydrogen) atoms. The van der Waals surface area contributed by atoms with E-state index in [1.165, 1.54) is 0 Å². The van der Waals surface area contributed by atoms with E-state index in [1.54, 1.807) is 18.4 Å². The summed E-state index contributed by atoms with van der Waals surface area (Å²) in [5, 5.41) is 5.01. The largest absolute Gasteiger partial charge is 0.374 e. The predicted molar refractivity (Wildman–Crippen MR) is 85.6 cm³/mol. The maximum Gasteiger partial charge on any atom is 0.234 e. The van der Waals surface area contributed by atoms with Crippen LogP contribution in [0.1, 0.15) is 17.9 Å². The first-order chi connectivity index (χ1) is 10.2. The third-order valence-corrected chi connectivity index (χ3v) is 4.87. The minimum atomic E-state index is -0.0501. The number of nitrogens with one attached hydrogen (secondary N) is 1. The number of amides is 1. The highest BCUT2D eigenvalue weighted by atomic mass is 32.1. The number of rotatable bonds is 7. The molecule has 0 spiro atoms. The van der Waals surface area contributed by atoms with Crippen LogP contribution in [0.25, 0.3) is 0 Å². The molecule has 1 aliphatic rings. The van der Waals surface area contributed by atoms with E-state index in [2.05, 4.69) is 22.0 Å². The van der Waals surface area contributed by atoms with Crippen LogP contribution in [0.4, 0.5) is 0 Å². The molecule has 1 fully saturated rings. The lowest BCUT2D eigenvalue weighted by Crippen LogP contribution is -2.49. The van der Waals surface area contributed by atoms with E-state index >= 15 is 0 Å². The van der Waals surface area contributed by atoms with Crippen LogP contribution >= 0.6 is 11.3 Å². The number of carbonyl (C=O) groups excluding carboxylic acids is 1. The summed E-state index contributed by atoms with van der Waals surface area (Å²) in [6, 6.07) is 4.04. The molecular weight excluding hydrogens is 286 g/mol. The van der Waals surface area contributed by atoms with Crippen molar-refractivity contribution in [3.05, 3.63) is 22.4 Å². The zero-order valence-corrected chi connectivity index (χ0v) is 13.7. The Morgan fingerprint density at radius 3 is 2.67 bits per heavy atom. The van der Waals surface area contributed by atoms with Crippen molar-refractivity contribution in [1.29, 1.82) is 0 Å². The third kappa shape index (κ3) is 5.07. The van der Waals surface area contributed by atoms with Gasteiger partial charge in [0.1, 0.15) is 6.10 Å². The van der Waals surface area contributed by atoms with Crippen molar-refractivity contribution in [1.82, 2.24) is 15.1 Å². The van der Waals surface area contributed by atoms with E-state index in [0.29, 0.717) is 13.1 Å². The number of carbonyl (C=O) groups is 1. The fourth-order valence-electron chi connectivity index (χ4n) is 2.50. The second kappa shape index (κ2) is 8.48. The summed E-state index contributed by atoms with van der Waals surface area (Å²) < 4.78 is 5.44. The smallest absolute Gasteiger partial charge is 0.234 e. The van der Waals surface area contributed by atoms with Crippen LogP contribution in [0, 0.1) is 0 Å². The van der Waals surface area contributed by atoms with Gasteiger partial charge < -0.3 is 15.0 Å². The fraction of sp³-hybridized carbons (Fsp3) is 0.667. The van der Waals surface area contributed by atoms with Crippen molar-refractivity contribution < 1.29 is 9.53 Å². The zero-order valence-electron chi connectivity index (χ0n) is 12.9. The lowest BCUT2D eigenvalue weighted by atomic mass is 10.2. The van der Waals surface area contributed by atoms with E-state index in [1.807, 2.05) is 17.5 Å². The molecule has 0 radical (unpaired) electrons. The van der Waals surface area contributed by atoms with Gasteiger partial charge >= 0.3 is 0 Å². The van der Waals surface area contributed by atoms with Gasteiger partial charge in [-0.1, -0.05) is 13.0 Å². The summed E-state index contributed by atoms with van der Waals surface area (Å²) in [5.41, 5.74) is 0. The summed E-state index contributed by atoms with van der Waals surface area (Å²) >= 11 is 1.65. The van der Waals surface area contributed by atoms with E-state index < -0.39 is 0 Å². The van der Waals surface area contributed by atoms with Gasteiger partial charge in [-0.15, -0.1) is 11.3 Å². The monoisotopic (exact) mass is 311 g/mol. The Labute approximate surface area is 130 Å². The van der Waals surface area contributed by atoms with Crippen LogP contribution < -0.4 is 5.32 Å². The molecule has 2 rings (SSSR count). The molecule has 0 saturated carbocycles. The van der Waals surface area contributed by atoms with Crippen LogP contribution in [0.5, 0.6) is 0 Å². The van der Waals surface area contributed by atoms with Gasteiger partial charge in [-0.3, -0.25) is 9.69 Å². The van der Waals surface area contributed by atoms with Crippen LogP contribution in [-0.2, 0) is 9.53 Å². The highest BCUT2D eigenvalue weighted by Crippen LogP contribution is 2.20. The zero-order chi connectivity index (χ0) is 15.1. The number of hydrogen-bond acceptors (Lipinski definition) is 5. The molecule has 1 N–H and O–H groups in total. The number of likely N-dealkylation sites (N-methyl/N-ethyl adjacent to an activating group) is 1. The quantitative estimate of drug-likeness (QED) is 0.821. The Hall–Kier alpha value is -0.950. The molecule has 1 aromatic rings. The van der Waals surface area contributed by atoms with Crippen molar-refractivity contribution in [3.8, 4) is 0 Å². The Morgan fingerprint density at radius 2 is 2.10 bits per heavy atom. The Kier molecular flexibility index (Phi) is 6.63. The van der Waals surface area contributed by atoms with Gasteiger partial charge in [-0.05, 0) is 18.0 Å². The van der Waals surface area contributed by atoms with Crippen LogP contribution in [-0.4, -0.2) is 68.6 Å². The standard InChI is InChI=1S/C15H25N3O2S/c1-3-17-6-8-18(9-7-17)12-15(19)16-11-13(20-2)14-5-4-10-21-14/h4-5,10,13H,3,6-9,11-12H2,1-2H3,(H,16,19). The lowest BCUT2D eigenvalue weighted by Gasteiger charge is -2.33. The van der Waals surface area contributed by atoms with Crippen LogP contribution in [0.2, 0.25) is 0 Å². The van der Waals surface area contributed by atoms with Crippen molar-refractivity contribution in [2.45, 2.75) is 13.0 Å². The Morgan fingerprint density at radius 1 is 1.38 bits per heavy atom. The van der Waals surface area contributed by atoms with Gasteiger partial charge in [0.05, 0.1) is 6.54 Å². The third-order valence-electron chi connectivity index (χ3n) is 3.91. The van der Waals surface area contributed by atoms with E-state index in [0.717, 1.165) is 37.6 Å². The molecule has 0 aliphatic carbocycles. The number of methoxy groups -OCH3 is 1. The van der Waals surface area contributed by atoms with Crippen molar-refractivity contribution in [3.63, 3.8) is 0 Å². The topological polar surface area (TPSA) is 44.8 Å². The first kappa shape index (κ1) is 16.4. The minimum absolute atomic E-state index is 0.0501. The predicted octanol–water partition coefficient (Wildman–Crippen LogP) is 1.19. The van der Waals surface area contributed by atoms with Gasteiger partial charge in [-0.25, -0.2) is 0 Å².